The molecule has 0 aliphatic carbocycles. The molecule has 3 rings (SSSR count). The van der Waals surface area contributed by atoms with Crippen molar-refractivity contribution in [2.45, 2.75) is 20.0 Å². The molecule has 1 aliphatic rings. The molecule has 30 heavy (non-hydrogen) atoms. The van der Waals surface area contributed by atoms with Crippen LogP contribution in [0.2, 0.25) is 0 Å². The van der Waals surface area contributed by atoms with E-state index in [9.17, 15) is 0 Å². The average Bonchev–Trinajstić information content (AvgIpc) is 3.24. The number of likely N-dealkylation sites (N-methyl/N-ethyl adjacent to an activating group) is 1. The van der Waals surface area contributed by atoms with Gasteiger partial charge in [-0.3, -0.25) is 9.67 Å². The molecule has 0 spiro atoms. The Morgan fingerprint density at radius 2 is 1.83 bits per heavy atom. The van der Waals surface area contributed by atoms with E-state index in [2.05, 4.69) is 68.8 Å². The molecular formula is C22H36IN7. The lowest BCUT2D eigenvalue weighted by atomic mass is 10.1. The number of rotatable bonds is 8. The predicted octanol–water partition coefficient (Wildman–Crippen LogP) is 2.10. The number of piperazine rings is 1. The summed E-state index contributed by atoms with van der Waals surface area (Å²) in [5.74, 6) is 1.42. The van der Waals surface area contributed by atoms with Gasteiger partial charge in [-0.1, -0.05) is 31.2 Å². The van der Waals surface area contributed by atoms with Gasteiger partial charge >= 0.3 is 0 Å². The summed E-state index contributed by atoms with van der Waals surface area (Å²) in [5, 5.41) is 11.3. The highest BCUT2D eigenvalue weighted by atomic mass is 127. The van der Waals surface area contributed by atoms with Crippen LogP contribution in [0.5, 0.6) is 0 Å². The second-order valence-corrected chi connectivity index (χ2v) is 7.99. The number of nitrogens with one attached hydrogen (secondary N) is 2. The van der Waals surface area contributed by atoms with Crippen LogP contribution in [0.3, 0.4) is 0 Å². The van der Waals surface area contributed by atoms with Crippen LogP contribution in [0.1, 0.15) is 18.1 Å². The number of halogens is 1. The molecule has 1 aromatic heterocycles. The first-order valence-corrected chi connectivity index (χ1v) is 10.5. The first kappa shape index (κ1) is 24.6. The molecule has 0 bridgehead atoms. The Balaban J connectivity index is 0.00000320. The smallest absolute Gasteiger partial charge is 0.191 e. The van der Waals surface area contributed by atoms with Crippen molar-refractivity contribution in [2.24, 2.45) is 10.9 Å². The van der Waals surface area contributed by atoms with Crippen LogP contribution in [0.4, 0.5) is 0 Å². The van der Waals surface area contributed by atoms with Gasteiger partial charge in [-0.15, -0.1) is 24.0 Å². The highest BCUT2D eigenvalue weighted by Crippen LogP contribution is 2.10. The van der Waals surface area contributed by atoms with E-state index < -0.39 is 0 Å². The Morgan fingerprint density at radius 1 is 1.10 bits per heavy atom. The highest BCUT2D eigenvalue weighted by molar-refractivity contribution is 14.0. The summed E-state index contributed by atoms with van der Waals surface area (Å²) in [6.45, 7) is 10.5. The minimum atomic E-state index is 0. The molecule has 2 heterocycles. The van der Waals surface area contributed by atoms with Gasteiger partial charge in [0.25, 0.3) is 0 Å². The molecule has 0 radical (unpaired) electrons. The van der Waals surface area contributed by atoms with Crippen molar-refractivity contribution >= 4 is 29.9 Å². The largest absolute Gasteiger partial charge is 0.356 e. The lowest BCUT2D eigenvalue weighted by Gasteiger charge is -2.34. The van der Waals surface area contributed by atoms with E-state index in [0.29, 0.717) is 5.92 Å². The Hall–Kier alpha value is -1.65. The third-order valence-electron chi connectivity index (χ3n) is 5.46. The summed E-state index contributed by atoms with van der Waals surface area (Å²) in [5.41, 5.74) is 2.53. The van der Waals surface area contributed by atoms with Crippen molar-refractivity contribution in [3.05, 3.63) is 53.9 Å². The fraction of sp³-hybridized carbons (Fsp3) is 0.545. The van der Waals surface area contributed by atoms with Crippen LogP contribution in [-0.2, 0) is 13.1 Å². The van der Waals surface area contributed by atoms with Crippen molar-refractivity contribution in [3.8, 4) is 0 Å². The van der Waals surface area contributed by atoms with Gasteiger partial charge in [-0.25, -0.2) is 0 Å². The zero-order valence-corrected chi connectivity index (χ0v) is 20.8. The van der Waals surface area contributed by atoms with Crippen LogP contribution < -0.4 is 10.6 Å². The number of aliphatic imine (C=N–C) groups is 1. The maximum absolute atomic E-state index is 4.39. The fourth-order valence-corrected chi connectivity index (χ4v) is 3.66. The minimum Gasteiger partial charge on any atom is -0.356 e. The molecule has 8 heteroatoms. The second kappa shape index (κ2) is 12.9. The number of hydrogen-bond acceptors (Lipinski definition) is 4. The molecule has 1 fully saturated rings. The van der Waals surface area contributed by atoms with Crippen molar-refractivity contribution < 1.29 is 0 Å². The minimum absolute atomic E-state index is 0. The van der Waals surface area contributed by atoms with Crippen LogP contribution in [0, 0.1) is 5.92 Å². The van der Waals surface area contributed by atoms with Gasteiger partial charge in [0.15, 0.2) is 5.96 Å². The third kappa shape index (κ3) is 7.88. The van der Waals surface area contributed by atoms with Crippen molar-refractivity contribution in [3.63, 3.8) is 0 Å². The van der Waals surface area contributed by atoms with Crippen molar-refractivity contribution in [2.75, 3.05) is 53.4 Å². The van der Waals surface area contributed by atoms with Crippen LogP contribution in [-0.4, -0.2) is 78.9 Å². The van der Waals surface area contributed by atoms with E-state index in [1.807, 2.05) is 30.2 Å². The van der Waals surface area contributed by atoms with Gasteiger partial charge in [0.1, 0.15) is 0 Å². The Labute approximate surface area is 197 Å². The SMILES string of the molecule is CN=C(NCc1ccccc1Cn1cccn1)NCC(C)CN1CCN(C)CC1.I. The van der Waals surface area contributed by atoms with E-state index in [1.165, 1.54) is 37.3 Å². The van der Waals surface area contributed by atoms with E-state index in [-0.39, 0.29) is 24.0 Å². The Kier molecular flexibility index (Phi) is 10.6. The molecule has 1 saturated heterocycles. The third-order valence-corrected chi connectivity index (χ3v) is 5.46. The molecule has 1 unspecified atom stereocenters. The number of benzene rings is 1. The zero-order valence-electron chi connectivity index (χ0n) is 18.4. The van der Waals surface area contributed by atoms with Gasteiger partial charge in [0.05, 0.1) is 6.54 Å². The van der Waals surface area contributed by atoms with E-state index >= 15 is 0 Å². The summed E-state index contributed by atoms with van der Waals surface area (Å²) in [4.78, 5) is 9.36. The Morgan fingerprint density at radius 3 is 2.50 bits per heavy atom. The van der Waals surface area contributed by atoms with E-state index in [0.717, 1.165) is 32.1 Å². The molecule has 2 aromatic rings. The number of hydrogen-bond donors (Lipinski definition) is 2. The molecule has 166 valence electrons. The Bertz CT molecular complexity index is 755. The molecule has 1 aromatic carbocycles. The summed E-state index contributed by atoms with van der Waals surface area (Å²) in [6.07, 6.45) is 3.81. The van der Waals surface area contributed by atoms with Gasteiger partial charge in [0, 0.05) is 65.3 Å². The highest BCUT2D eigenvalue weighted by Gasteiger charge is 2.16. The molecule has 0 saturated carbocycles. The molecule has 7 nitrogen and oxygen atoms in total. The lowest BCUT2D eigenvalue weighted by Crippen LogP contribution is -2.47. The first-order chi connectivity index (χ1) is 14.1. The maximum Gasteiger partial charge on any atom is 0.191 e. The second-order valence-electron chi connectivity index (χ2n) is 7.99. The normalized spacial score (nSPS) is 16.7. The van der Waals surface area contributed by atoms with E-state index in [1.54, 1.807) is 0 Å². The number of nitrogens with zero attached hydrogens (tertiary/aromatic N) is 5. The summed E-state index contributed by atoms with van der Waals surface area (Å²) < 4.78 is 1.95. The predicted molar refractivity (Wildman–Crippen MR) is 134 cm³/mol. The fourth-order valence-electron chi connectivity index (χ4n) is 3.66. The van der Waals surface area contributed by atoms with Gasteiger partial charge in [-0.2, -0.15) is 5.10 Å². The average molecular weight is 525 g/mol. The van der Waals surface area contributed by atoms with Crippen LogP contribution >= 0.6 is 24.0 Å². The van der Waals surface area contributed by atoms with Gasteiger partial charge in [-0.05, 0) is 30.2 Å². The number of guanidine groups is 1. The number of aromatic nitrogens is 2. The quantitative estimate of drug-likeness (QED) is 0.314. The summed E-state index contributed by atoms with van der Waals surface area (Å²) in [6, 6.07) is 10.4. The van der Waals surface area contributed by atoms with Crippen molar-refractivity contribution in [1.29, 1.82) is 0 Å². The first-order valence-electron chi connectivity index (χ1n) is 10.5. The van der Waals surface area contributed by atoms with Crippen molar-refractivity contribution in [1.82, 2.24) is 30.2 Å². The monoisotopic (exact) mass is 525 g/mol. The van der Waals surface area contributed by atoms with Crippen LogP contribution in [0.25, 0.3) is 0 Å². The van der Waals surface area contributed by atoms with Gasteiger partial charge in [0.2, 0.25) is 0 Å². The topological polar surface area (TPSA) is 60.7 Å². The molecule has 1 aliphatic heterocycles. The van der Waals surface area contributed by atoms with Crippen LogP contribution in [0.15, 0.2) is 47.7 Å². The van der Waals surface area contributed by atoms with E-state index in [4.69, 9.17) is 0 Å². The molecule has 2 N–H and O–H groups in total. The summed E-state index contributed by atoms with van der Waals surface area (Å²) >= 11 is 0. The standard InChI is InChI=1S/C22H35N7.HI/c1-19(17-28-13-11-27(3)12-14-28)15-24-22(23-2)25-16-20-7-4-5-8-21(20)18-29-10-6-9-26-29;/h4-10,19H,11-18H2,1-3H3,(H2,23,24,25);1H. The maximum atomic E-state index is 4.39. The zero-order chi connectivity index (χ0) is 20.5. The van der Waals surface area contributed by atoms with Gasteiger partial charge < -0.3 is 20.4 Å². The molecule has 1 atom stereocenters. The molecule has 0 amide bonds. The lowest BCUT2D eigenvalue weighted by molar-refractivity contribution is 0.139. The molecular weight excluding hydrogens is 489 g/mol. The summed E-state index contributed by atoms with van der Waals surface area (Å²) in [7, 11) is 4.03.